The normalized spacial score (nSPS) is 19.7. The van der Waals surface area contributed by atoms with Crippen LogP contribution in [-0.2, 0) is 4.79 Å². The van der Waals surface area contributed by atoms with Gasteiger partial charge < -0.3 is 22.4 Å². The summed E-state index contributed by atoms with van der Waals surface area (Å²) in [5.41, 5.74) is 0.0492. The van der Waals surface area contributed by atoms with Gasteiger partial charge in [0, 0.05) is 6.54 Å². The van der Waals surface area contributed by atoms with E-state index in [1.54, 1.807) is 0 Å². The van der Waals surface area contributed by atoms with Crippen molar-refractivity contribution in [3.05, 3.63) is 0 Å². The minimum absolute atomic E-state index is 0. The van der Waals surface area contributed by atoms with Gasteiger partial charge in [0.05, 0.1) is 6.42 Å². The zero-order valence-electron chi connectivity index (χ0n) is 9.63. The number of nitrogens with zero attached hydrogens (tertiary/aromatic N) is 1. The minimum atomic E-state index is -0.645. The zero-order chi connectivity index (χ0) is 10.6. The van der Waals surface area contributed by atoms with Crippen LogP contribution in [0.15, 0.2) is 0 Å². The topological polar surface area (TPSA) is 40.5 Å². The predicted octanol–water partition coefficient (Wildman–Crippen LogP) is -1.02. The highest BCUT2D eigenvalue weighted by Crippen LogP contribution is 2.39. The average molecular weight is 235 g/mol. The molecule has 1 saturated carbocycles. The maximum absolute atomic E-state index is 10.8. The van der Waals surface area contributed by atoms with E-state index in [2.05, 4.69) is 4.90 Å². The minimum Gasteiger partial charge on any atom is -1.00 e. The lowest BCUT2D eigenvalue weighted by Gasteiger charge is -2.38. The van der Waals surface area contributed by atoms with Gasteiger partial charge in [-0.1, -0.05) is 19.3 Å². The Balaban J connectivity index is 0.00000196. The van der Waals surface area contributed by atoms with Crippen LogP contribution >= 0.6 is 0 Å². The molecule has 1 rings (SSSR count). The molecule has 90 valence electrons. The first-order chi connectivity index (χ1) is 6.54. The second-order valence-electron chi connectivity index (χ2n) is 4.87. The monoisotopic (exact) mass is 234 g/mol. The first-order valence-electron chi connectivity index (χ1n) is 5.41. The van der Waals surface area contributed by atoms with E-state index in [0.717, 1.165) is 19.4 Å². The molecule has 1 aliphatic carbocycles. The highest BCUT2D eigenvalue weighted by atomic mass is 35.5. The molecule has 0 spiro atoms. The summed E-state index contributed by atoms with van der Waals surface area (Å²) in [5, 5.41) is 8.93. The largest absolute Gasteiger partial charge is 1.00 e. The lowest BCUT2D eigenvalue weighted by molar-refractivity contribution is -0.140. The summed E-state index contributed by atoms with van der Waals surface area (Å²) < 4.78 is 0. The molecule has 0 heterocycles. The lowest BCUT2D eigenvalue weighted by atomic mass is 9.71. The Bertz CT molecular complexity index is 201. The fraction of sp³-hybridized carbons (Fsp3) is 0.909. The van der Waals surface area contributed by atoms with Crippen molar-refractivity contribution in [3.8, 4) is 0 Å². The fourth-order valence-electron chi connectivity index (χ4n) is 2.68. The maximum atomic E-state index is 10.8. The molecule has 0 bridgehead atoms. The molecule has 1 aliphatic rings. The van der Waals surface area contributed by atoms with E-state index in [-0.39, 0.29) is 17.8 Å². The maximum Gasteiger partial charge on any atom is 0.303 e. The Labute approximate surface area is 98.3 Å². The van der Waals surface area contributed by atoms with Crippen molar-refractivity contribution in [1.82, 2.24) is 4.90 Å². The van der Waals surface area contributed by atoms with Gasteiger partial charge in [0.25, 0.3) is 0 Å². The number of carbonyl (C=O) groups is 1. The Morgan fingerprint density at radius 1 is 1.27 bits per heavy atom. The third-order valence-corrected chi connectivity index (χ3v) is 3.09. The Hall–Kier alpha value is -0.280. The number of hydrogen-bond donors (Lipinski definition) is 1. The van der Waals surface area contributed by atoms with Gasteiger partial charge in [-0.15, -0.1) is 0 Å². The van der Waals surface area contributed by atoms with Gasteiger partial charge in [-0.2, -0.15) is 0 Å². The van der Waals surface area contributed by atoms with Crippen LogP contribution < -0.4 is 12.4 Å². The van der Waals surface area contributed by atoms with E-state index in [1.807, 2.05) is 14.1 Å². The molecule has 0 amide bonds. The molecule has 0 radical (unpaired) electrons. The molecule has 1 N–H and O–H groups in total. The molecule has 1 fully saturated rings. The summed E-state index contributed by atoms with van der Waals surface area (Å²) in [5.74, 6) is -0.645. The van der Waals surface area contributed by atoms with Crippen LogP contribution in [-0.4, -0.2) is 36.6 Å². The number of aliphatic carboxylic acids is 1. The molecule has 0 aromatic heterocycles. The van der Waals surface area contributed by atoms with Crippen LogP contribution in [0.5, 0.6) is 0 Å². The molecule has 3 nitrogen and oxygen atoms in total. The van der Waals surface area contributed by atoms with Crippen LogP contribution in [0.3, 0.4) is 0 Å². The molecule has 0 aromatic carbocycles. The van der Waals surface area contributed by atoms with Crippen molar-refractivity contribution in [2.75, 3.05) is 20.6 Å². The quantitative estimate of drug-likeness (QED) is 0.677. The van der Waals surface area contributed by atoms with E-state index in [1.165, 1.54) is 19.3 Å². The second kappa shape index (κ2) is 6.33. The van der Waals surface area contributed by atoms with Crippen LogP contribution in [0.25, 0.3) is 0 Å². The summed E-state index contributed by atoms with van der Waals surface area (Å²) >= 11 is 0. The molecule has 0 saturated heterocycles. The standard InChI is InChI=1S/C11H21NO2.ClH/c1-12(2)9-11(8-10(13)14)6-4-3-5-7-11;/h3-9H2,1-2H3,(H,13,14);1H/p-1. The van der Waals surface area contributed by atoms with Crippen molar-refractivity contribution >= 4 is 5.97 Å². The summed E-state index contributed by atoms with van der Waals surface area (Å²) in [6, 6.07) is 0. The van der Waals surface area contributed by atoms with Gasteiger partial charge in [-0.05, 0) is 32.4 Å². The highest BCUT2D eigenvalue weighted by molar-refractivity contribution is 5.67. The Morgan fingerprint density at radius 2 is 1.80 bits per heavy atom. The van der Waals surface area contributed by atoms with Crippen molar-refractivity contribution in [3.63, 3.8) is 0 Å². The second-order valence-corrected chi connectivity index (χ2v) is 4.87. The van der Waals surface area contributed by atoms with Crippen molar-refractivity contribution < 1.29 is 22.3 Å². The van der Waals surface area contributed by atoms with Crippen molar-refractivity contribution in [1.29, 1.82) is 0 Å². The molecular weight excluding hydrogens is 214 g/mol. The zero-order valence-corrected chi connectivity index (χ0v) is 10.4. The SMILES string of the molecule is CN(C)CC1(CC(=O)O)CCCCC1.[Cl-]. The third-order valence-electron chi connectivity index (χ3n) is 3.09. The average Bonchev–Trinajstić information content (AvgIpc) is 2.01. The summed E-state index contributed by atoms with van der Waals surface area (Å²) in [6.07, 6.45) is 6.16. The van der Waals surface area contributed by atoms with E-state index in [4.69, 9.17) is 5.11 Å². The lowest BCUT2D eigenvalue weighted by Crippen LogP contribution is -3.00. The number of carboxylic acid groups (broad SMARTS) is 1. The third kappa shape index (κ3) is 4.85. The number of halogens is 1. The first-order valence-corrected chi connectivity index (χ1v) is 5.41. The van der Waals surface area contributed by atoms with Gasteiger partial charge in [0.2, 0.25) is 0 Å². The van der Waals surface area contributed by atoms with Gasteiger partial charge >= 0.3 is 5.97 Å². The van der Waals surface area contributed by atoms with E-state index in [9.17, 15) is 4.79 Å². The van der Waals surface area contributed by atoms with E-state index < -0.39 is 5.97 Å². The molecule has 0 aromatic rings. The van der Waals surface area contributed by atoms with Crippen molar-refractivity contribution in [2.45, 2.75) is 38.5 Å². The summed E-state index contributed by atoms with van der Waals surface area (Å²) in [4.78, 5) is 13.0. The molecule has 0 atom stereocenters. The van der Waals surface area contributed by atoms with Crippen molar-refractivity contribution in [2.24, 2.45) is 5.41 Å². The molecule has 0 unspecified atom stereocenters. The van der Waals surface area contributed by atoms with Gasteiger partial charge in [0.1, 0.15) is 0 Å². The van der Waals surface area contributed by atoms with Gasteiger partial charge in [-0.25, -0.2) is 0 Å². The van der Waals surface area contributed by atoms with Crippen LogP contribution in [0.1, 0.15) is 38.5 Å². The van der Waals surface area contributed by atoms with E-state index in [0.29, 0.717) is 6.42 Å². The number of hydrogen-bond acceptors (Lipinski definition) is 2. The van der Waals surface area contributed by atoms with Crippen LogP contribution in [0, 0.1) is 5.41 Å². The molecule has 4 heteroatoms. The molecule has 0 aliphatic heterocycles. The Morgan fingerprint density at radius 3 is 2.20 bits per heavy atom. The smallest absolute Gasteiger partial charge is 0.303 e. The fourth-order valence-corrected chi connectivity index (χ4v) is 2.68. The Kier molecular flexibility index (Phi) is 6.22. The van der Waals surface area contributed by atoms with Crippen LogP contribution in [0.2, 0.25) is 0 Å². The van der Waals surface area contributed by atoms with Crippen LogP contribution in [0.4, 0.5) is 0 Å². The summed E-state index contributed by atoms with van der Waals surface area (Å²) in [6.45, 7) is 0.916. The highest BCUT2D eigenvalue weighted by Gasteiger charge is 2.34. The van der Waals surface area contributed by atoms with Gasteiger partial charge in [0.15, 0.2) is 0 Å². The van der Waals surface area contributed by atoms with Gasteiger partial charge in [-0.3, -0.25) is 4.79 Å². The molecule has 15 heavy (non-hydrogen) atoms. The number of carboxylic acids is 1. The molecular formula is C11H21ClNO2-. The summed E-state index contributed by atoms with van der Waals surface area (Å²) in [7, 11) is 4.05. The van der Waals surface area contributed by atoms with E-state index >= 15 is 0 Å². The number of rotatable bonds is 4. The predicted molar refractivity (Wildman–Crippen MR) is 56.3 cm³/mol. The first kappa shape index (κ1) is 14.7.